The molecule has 0 aliphatic heterocycles. The number of nitriles is 1. The lowest BCUT2D eigenvalue weighted by atomic mass is 9.94. The van der Waals surface area contributed by atoms with E-state index in [0.717, 1.165) is 18.9 Å². The molecular formula is C14H26N2. The summed E-state index contributed by atoms with van der Waals surface area (Å²) in [5.41, 5.74) is 0. The molecule has 2 atom stereocenters. The van der Waals surface area contributed by atoms with E-state index in [9.17, 15) is 5.26 Å². The van der Waals surface area contributed by atoms with Crippen LogP contribution in [-0.2, 0) is 0 Å². The fourth-order valence-corrected chi connectivity index (χ4v) is 2.59. The van der Waals surface area contributed by atoms with Gasteiger partial charge in [-0.2, -0.15) is 5.26 Å². The molecule has 0 N–H and O–H groups in total. The first kappa shape index (κ1) is 13.5. The highest BCUT2D eigenvalue weighted by Crippen LogP contribution is 2.26. The van der Waals surface area contributed by atoms with Gasteiger partial charge in [0.05, 0.1) is 12.0 Å². The Kier molecular flexibility index (Phi) is 5.84. The minimum atomic E-state index is 0.264. The third-order valence-electron chi connectivity index (χ3n) is 3.77. The zero-order valence-electron chi connectivity index (χ0n) is 11.1. The third-order valence-corrected chi connectivity index (χ3v) is 3.77. The lowest BCUT2D eigenvalue weighted by molar-refractivity contribution is 0.182. The number of hydrogen-bond acceptors (Lipinski definition) is 2. The van der Waals surface area contributed by atoms with Crippen LogP contribution in [0.25, 0.3) is 0 Å². The molecule has 0 amide bonds. The average molecular weight is 222 g/mol. The molecule has 0 heterocycles. The van der Waals surface area contributed by atoms with Gasteiger partial charge >= 0.3 is 0 Å². The first-order valence-corrected chi connectivity index (χ1v) is 6.75. The van der Waals surface area contributed by atoms with E-state index in [1.165, 1.54) is 32.1 Å². The van der Waals surface area contributed by atoms with Crippen LogP contribution in [0.1, 0.15) is 52.4 Å². The summed E-state index contributed by atoms with van der Waals surface area (Å²) in [7, 11) is 2.20. The molecule has 92 valence electrons. The van der Waals surface area contributed by atoms with Crippen LogP contribution in [0.5, 0.6) is 0 Å². The highest BCUT2D eigenvalue weighted by atomic mass is 15.1. The van der Waals surface area contributed by atoms with Crippen molar-refractivity contribution in [2.75, 3.05) is 13.6 Å². The fourth-order valence-electron chi connectivity index (χ4n) is 2.59. The van der Waals surface area contributed by atoms with Crippen LogP contribution < -0.4 is 0 Å². The summed E-state index contributed by atoms with van der Waals surface area (Å²) in [5, 5.41) is 9.24. The monoisotopic (exact) mass is 222 g/mol. The summed E-state index contributed by atoms with van der Waals surface area (Å²) < 4.78 is 0. The highest BCUT2D eigenvalue weighted by Gasteiger charge is 2.26. The Hall–Kier alpha value is -0.550. The molecule has 1 aliphatic carbocycles. The summed E-state index contributed by atoms with van der Waals surface area (Å²) >= 11 is 0. The summed E-state index contributed by atoms with van der Waals surface area (Å²) in [6.07, 6.45) is 7.42. The van der Waals surface area contributed by atoms with E-state index in [1.54, 1.807) is 0 Å². The van der Waals surface area contributed by atoms with Crippen molar-refractivity contribution in [2.45, 2.75) is 58.4 Å². The Balaban J connectivity index is 2.49. The Bertz CT molecular complexity index is 229. The molecule has 0 spiro atoms. The molecule has 2 heteroatoms. The van der Waals surface area contributed by atoms with E-state index < -0.39 is 0 Å². The van der Waals surface area contributed by atoms with E-state index in [4.69, 9.17) is 0 Å². The van der Waals surface area contributed by atoms with Gasteiger partial charge in [-0.1, -0.05) is 33.1 Å². The Labute approximate surface area is 101 Å². The number of hydrogen-bond donors (Lipinski definition) is 0. The molecule has 0 radical (unpaired) electrons. The zero-order chi connectivity index (χ0) is 12.0. The maximum absolute atomic E-state index is 9.24. The van der Waals surface area contributed by atoms with Gasteiger partial charge in [0.25, 0.3) is 0 Å². The second kappa shape index (κ2) is 6.91. The molecule has 0 bridgehead atoms. The Morgan fingerprint density at radius 3 is 2.56 bits per heavy atom. The van der Waals surface area contributed by atoms with Gasteiger partial charge in [-0.3, -0.25) is 0 Å². The van der Waals surface area contributed by atoms with Crippen LogP contribution >= 0.6 is 0 Å². The summed E-state index contributed by atoms with van der Waals surface area (Å²) in [6.45, 7) is 5.67. The highest BCUT2D eigenvalue weighted by molar-refractivity contribution is 4.94. The summed E-state index contributed by atoms with van der Waals surface area (Å²) in [4.78, 5) is 2.43. The van der Waals surface area contributed by atoms with Crippen LogP contribution in [0.3, 0.4) is 0 Å². The maximum atomic E-state index is 9.24. The molecular weight excluding hydrogens is 196 g/mol. The molecule has 1 aliphatic rings. The van der Waals surface area contributed by atoms with Crippen molar-refractivity contribution in [3.05, 3.63) is 0 Å². The molecule has 0 aromatic carbocycles. The normalized spacial score (nSPS) is 26.8. The van der Waals surface area contributed by atoms with Gasteiger partial charge < -0.3 is 4.90 Å². The maximum Gasteiger partial charge on any atom is 0.0672 e. The fraction of sp³-hybridized carbons (Fsp3) is 0.929. The van der Waals surface area contributed by atoms with Gasteiger partial charge in [-0.15, -0.1) is 0 Å². The quantitative estimate of drug-likeness (QED) is 0.681. The van der Waals surface area contributed by atoms with Gasteiger partial charge in [0, 0.05) is 6.04 Å². The summed E-state index contributed by atoms with van der Waals surface area (Å²) in [5.74, 6) is 1.02. The van der Waals surface area contributed by atoms with E-state index in [1.807, 2.05) is 0 Å². The smallest absolute Gasteiger partial charge is 0.0672 e. The first-order chi connectivity index (χ1) is 7.65. The predicted molar refractivity (Wildman–Crippen MR) is 68.1 cm³/mol. The van der Waals surface area contributed by atoms with Crippen molar-refractivity contribution in [3.8, 4) is 6.07 Å². The molecule has 0 aromatic rings. The third kappa shape index (κ3) is 4.14. The van der Waals surface area contributed by atoms with Gasteiger partial charge in [-0.05, 0) is 38.8 Å². The average Bonchev–Trinajstić information content (AvgIpc) is 2.50. The van der Waals surface area contributed by atoms with Gasteiger partial charge in [0.15, 0.2) is 0 Å². The van der Waals surface area contributed by atoms with Crippen molar-refractivity contribution in [3.63, 3.8) is 0 Å². The summed E-state index contributed by atoms with van der Waals surface area (Å²) in [6, 6.07) is 3.03. The minimum Gasteiger partial charge on any atom is -0.302 e. The van der Waals surface area contributed by atoms with Crippen LogP contribution in [-0.4, -0.2) is 24.5 Å². The second-order valence-electron chi connectivity index (χ2n) is 5.60. The molecule has 1 fully saturated rings. The largest absolute Gasteiger partial charge is 0.302 e. The van der Waals surface area contributed by atoms with Crippen LogP contribution in [0.2, 0.25) is 0 Å². The van der Waals surface area contributed by atoms with Crippen LogP contribution in [0, 0.1) is 23.2 Å². The second-order valence-corrected chi connectivity index (χ2v) is 5.60. The standard InChI is InChI=1S/C14H26N2/c1-12(2)9-10-16(3)14-8-6-4-5-7-13(14)11-15/h12-14H,4-10H2,1-3H3. The number of rotatable bonds is 4. The Morgan fingerprint density at radius 2 is 1.94 bits per heavy atom. The van der Waals surface area contributed by atoms with Crippen molar-refractivity contribution in [1.82, 2.24) is 4.90 Å². The molecule has 1 saturated carbocycles. The van der Waals surface area contributed by atoms with E-state index >= 15 is 0 Å². The van der Waals surface area contributed by atoms with Crippen molar-refractivity contribution >= 4 is 0 Å². The van der Waals surface area contributed by atoms with Crippen molar-refractivity contribution < 1.29 is 0 Å². The molecule has 1 rings (SSSR count). The van der Waals surface area contributed by atoms with Crippen LogP contribution in [0.15, 0.2) is 0 Å². The molecule has 16 heavy (non-hydrogen) atoms. The van der Waals surface area contributed by atoms with E-state index in [0.29, 0.717) is 6.04 Å². The first-order valence-electron chi connectivity index (χ1n) is 6.75. The predicted octanol–water partition coefficient (Wildman–Crippen LogP) is 3.44. The SMILES string of the molecule is CC(C)CCN(C)C1CCCCCC1C#N. The van der Waals surface area contributed by atoms with Gasteiger partial charge in [-0.25, -0.2) is 0 Å². The lowest BCUT2D eigenvalue weighted by Gasteiger charge is -2.30. The zero-order valence-corrected chi connectivity index (χ0v) is 11.1. The molecule has 2 unspecified atom stereocenters. The van der Waals surface area contributed by atoms with Crippen molar-refractivity contribution in [2.24, 2.45) is 11.8 Å². The topological polar surface area (TPSA) is 27.0 Å². The molecule has 0 saturated heterocycles. The van der Waals surface area contributed by atoms with Gasteiger partial charge in [0.1, 0.15) is 0 Å². The lowest BCUT2D eigenvalue weighted by Crippen LogP contribution is -2.37. The van der Waals surface area contributed by atoms with Gasteiger partial charge in [0.2, 0.25) is 0 Å². The minimum absolute atomic E-state index is 0.264. The van der Waals surface area contributed by atoms with E-state index in [-0.39, 0.29) is 5.92 Å². The van der Waals surface area contributed by atoms with E-state index in [2.05, 4.69) is 31.9 Å². The van der Waals surface area contributed by atoms with Crippen LogP contribution in [0.4, 0.5) is 0 Å². The number of nitrogens with zero attached hydrogens (tertiary/aromatic N) is 2. The molecule has 2 nitrogen and oxygen atoms in total. The van der Waals surface area contributed by atoms with Crippen molar-refractivity contribution in [1.29, 1.82) is 5.26 Å². The Morgan fingerprint density at radius 1 is 1.25 bits per heavy atom. The molecule has 0 aromatic heterocycles.